The third-order valence-corrected chi connectivity index (χ3v) is 3.80. The molecule has 0 bridgehead atoms. The monoisotopic (exact) mass is 345 g/mol. The van der Waals surface area contributed by atoms with E-state index in [4.69, 9.17) is 14.6 Å². The number of halogens is 1. The minimum Gasteiger partial charge on any atom is -0.495 e. The predicted molar refractivity (Wildman–Crippen MR) is 80.5 cm³/mol. The van der Waals surface area contributed by atoms with E-state index in [1.54, 1.807) is 12.1 Å². The number of benzene rings is 1. The van der Waals surface area contributed by atoms with Crippen LogP contribution in [0.3, 0.4) is 0 Å². The van der Waals surface area contributed by atoms with Gasteiger partial charge in [-0.15, -0.1) is 0 Å². The van der Waals surface area contributed by atoms with Crippen LogP contribution >= 0.6 is 15.9 Å². The molecule has 2 N–H and O–H groups in total. The number of ether oxygens (including phenoxy) is 2. The topological polar surface area (TPSA) is 67.8 Å². The summed E-state index contributed by atoms with van der Waals surface area (Å²) in [6.07, 6.45) is 1.30. The van der Waals surface area contributed by atoms with Gasteiger partial charge in [0.1, 0.15) is 16.0 Å². The average molecular weight is 346 g/mol. The fourth-order valence-corrected chi connectivity index (χ4v) is 2.36. The second-order valence-corrected chi connectivity index (χ2v) is 5.08. The van der Waals surface area contributed by atoms with Crippen LogP contribution in [0.2, 0.25) is 0 Å². The van der Waals surface area contributed by atoms with Gasteiger partial charge >= 0.3 is 0 Å². The lowest BCUT2D eigenvalue weighted by atomic mass is 10.1. The first-order valence-electron chi connectivity index (χ1n) is 6.40. The molecule has 1 amide bonds. The minimum atomic E-state index is -0.214. The van der Waals surface area contributed by atoms with Crippen LogP contribution in [0.5, 0.6) is 11.5 Å². The lowest BCUT2D eigenvalue weighted by Crippen LogP contribution is -2.35. The highest BCUT2D eigenvalue weighted by atomic mass is 79.9. The Morgan fingerprint density at radius 2 is 1.90 bits per heavy atom. The number of carbonyl (C=O) groups excluding carboxylic acids is 1. The van der Waals surface area contributed by atoms with Gasteiger partial charge < -0.3 is 19.9 Å². The summed E-state index contributed by atoms with van der Waals surface area (Å²) in [4.78, 5) is 12.2. The first-order valence-corrected chi connectivity index (χ1v) is 7.19. The van der Waals surface area contributed by atoms with Gasteiger partial charge in [-0.25, -0.2) is 0 Å². The molecule has 20 heavy (non-hydrogen) atoms. The largest absolute Gasteiger partial charge is 0.495 e. The van der Waals surface area contributed by atoms with Crippen molar-refractivity contribution in [3.63, 3.8) is 0 Å². The summed E-state index contributed by atoms with van der Waals surface area (Å²) >= 11 is 3.36. The molecule has 0 aromatic heterocycles. The van der Waals surface area contributed by atoms with Crippen molar-refractivity contribution in [3.05, 3.63) is 22.2 Å². The molecule has 0 heterocycles. The third kappa shape index (κ3) is 4.11. The Labute approximate surface area is 127 Å². The van der Waals surface area contributed by atoms with E-state index in [0.717, 1.165) is 6.42 Å². The lowest BCUT2D eigenvalue weighted by molar-refractivity contribution is 0.0928. The number of aliphatic hydroxyl groups is 1. The maximum atomic E-state index is 12.2. The lowest BCUT2D eigenvalue weighted by Gasteiger charge is -2.17. The average Bonchev–Trinajstić information content (AvgIpc) is 2.46. The van der Waals surface area contributed by atoms with E-state index in [0.29, 0.717) is 28.0 Å². The van der Waals surface area contributed by atoms with Crippen LogP contribution < -0.4 is 14.8 Å². The van der Waals surface area contributed by atoms with Gasteiger partial charge in [0.05, 0.1) is 14.2 Å². The Balaban J connectivity index is 2.97. The van der Waals surface area contributed by atoms with Crippen molar-refractivity contribution >= 4 is 21.8 Å². The summed E-state index contributed by atoms with van der Waals surface area (Å²) in [7, 11) is 3.06. The van der Waals surface area contributed by atoms with E-state index >= 15 is 0 Å². The highest BCUT2D eigenvalue weighted by Crippen LogP contribution is 2.35. The molecule has 0 radical (unpaired) electrons. The van der Waals surface area contributed by atoms with Crippen molar-refractivity contribution in [2.24, 2.45) is 0 Å². The molecule has 0 saturated heterocycles. The SMILES string of the molecule is CCC(CCO)NC(=O)c1cc(OC)c(Br)c(OC)c1. The molecule has 0 aliphatic heterocycles. The summed E-state index contributed by atoms with van der Waals surface area (Å²) in [5.74, 6) is 0.851. The molecule has 1 rings (SSSR count). The standard InChI is InChI=1S/C14H20BrNO4/c1-4-10(5-6-17)16-14(18)9-7-11(19-2)13(15)12(8-9)20-3/h7-8,10,17H,4-6H2,1-3H3,(H,16,18). The van der Waals surface area contributed by atoms with E-state index in [9.17, 15) is 4.79 Å². The zero-order valence-corrected chi connectivity index (χ0v) is 13.5. The molecule has 6 heteroatoms. The van der Waals surface area contributed by atoms with Crippen molar-refractivity contribution in [3.8, 4) is 11.5 Å². The number of rotatable bonds is 7. The molecule has 112 valence electrons. The highest BCUT2D eigenvalue weighted by Gasteiger charge is 2.16. The second-order valence-electron chi connectivity index (χ2n) is 4.29. The van der Waals surface area contributed by atoms with Crippen molar-refractivity contribution in [2.75, 3.05) is 20.8 Å². The Kier molecular flexibility index (Phi) is 6.81. The van der Waals surface area contributed by atoms with Crippen LogP contribution in [0.1, 0.15) is 30.1 Å². The van der Waals surface area contributed by atoms with Gasteiger partial charge in [0.25, 0.3) is 5.91 Å². The molecule has 0 fully saturated rings. The van der Waals surface area contributed by atoms with Crippen molar-refractivity contribution in [2.45, 2.75) is 25.8 Å². The maximum Gasteiger partial charge on any atom is 0.251 e. The normalized spacial score (nSPS) is 11.8. The summed E-state index contributed by atoms with van der Waals surface area (Å²) < 4.78 is 11.1. The van der Waals surface area contributed by atoms with Crippen LogP contribution in [-0.2, 0) is 0 Å². The van der Waals surface area contributed by atoms with Gasteiger partial charge in [0.15, 0.2) is 0 Å². The molecule has 1 atom stereocenters. The van der Waals surface area contributed by atoms with E-state index in [1.165, 1.54) is 14.2 Å². The predicted octanol–water partition coefficient (Wildman–Crippen LogP) is 2.36. The van der Waals surface area contributed by atoms with E-state index < -0.39 is 0 Å². The van der Waals surface area contributed by atoms with Gasteiger partial charge in [0, 0.05) is 18.2 Å². The van der Waals surface area contributed by atoms with Crippen LogP contribution in [0, 0.1) is 0 Å². The first kappa shape index (κ1) is 16.8. The number of amides is 1. The fourth-order valence-electron chi connectivity index (χ4n) is 1.80. The zero-order valence-electron chi connectivity index (χ0n) is 11.9. The number of aliphatic hydroxyl groups excluding tert-OH is 1. The van der Waals surface area contributed by atoms with Gasteiger partial charge in [-0.05, 0) is 40.9 Å². The van der Waals surface area contributed by atoms with E-state index in [1.807, 2.05) is 6.92 Å². The number of nitrogens with one attached hydrogen (secondary N) is 1. The van der Waals surface area contributed by atoms with Crippen LogP contribution in [-0.4, -0.2) is 37.9 Å². The summed E-state index contributed by atoms with van der Waals surface area (Å²) in [6.45, 7) is 2.01. The van der Waals surface area contributed by atoms with Crippen molar-refractivity contribution in [1.82, 2.24) is 5.32 Å². The fraction of sp³-hybridized carbons (Fsp3) is 0.500. The van der Waals surface area contributed by atoms with Crippen molar-refractivity contribution < 1.29 is 19.4 Å². The quantitative estimate of drug-likeness (QED) is 0.795. The van der Waals surface area contributed by atoms with Crippen LogP contribution in [0.15, 0.2) is 16.6 Å². The molecule has 0 spiro atoms. The summed E-state index contributed by atoms with van der Waals surface area (Å²) in [5, 5.41) is 11.8. The number of methoxy groups -OCH3 is 2. The summed E-state index contributed by atoms with van der Waals surface area (Å²) in [6, 6.07) is 3.24. The second kappa shape index (κ2) is 8.11. The number of carbonyl (C=O) groups is 1. The van der Waals surface area contributed by atoms with E-state index in [-0.39, 0.29) is 18.6 Å². The molecule has 0 saturated carbocycles. The Hall–Kier alpha value is -1.27. The van der Waals surface area contributed by atoms with Crippen molar-refractivity contribution in [1.29, 1.82) is 0 Å². The van der Waals surface area contributed by atoms with Gasteiger partial charge in [-0.1, -0.05) is 6.92 Å². The van der Waals surface area contributed by atoms with Crippen LogP contribution in [0.25, 0.3) is 0 Å². The Morgan fingerprint density at radius 3 is 2.30 bits per heavy atom. The van der Waals surface area contributed by atoms with Gasteiger partial charge in [-0.2, -0.15) is 0 Å². The minimum absolute atomic E-state index is 0.0474. The maximum absolute atomic E-state index is 12.2. The number of hydrogen-bond donors (Lipinski definition) is 2. The smallest absolute Gasteiger partial charge is 0.251 e. The summed E-state index contributed by atoms with van der Waals surface area (Å²) in [5.41, 5.74) is 0.457. The van der Waals surface area contributed by atoms with Gasteiger partial charge in [-0.3, -0.25) is 4.79 Å². The Bertz CT molecular complexity index is 439. The molecule has 0 aliphatic rings. The Morgan fingerprint density at radius 1 is 1.35 bits per heavy atom. The zero-order chi connectivity index (χ0) is 15.1. The molecule has 0 aliphatic carbocycles. The molecule has 5 nitrogen and oxygen atoms in total. The first-order chi connectivity index (χ1) is 9.57. The van der Waals surface area contributed by atoms with E-state index in [2.05, 4.69) is 21.2 Å². The van der Waals surface area contributed by atoms with Crippen LogP contribution in [0.4, 0.5) is 0 Å². The molecule has 1 aromatic carbocycles. The molecular weight excluding hydrogens is 326 g/mol. The third-order valence-electron chi connectivity index (χ3n) is 3.01. The highest BCUT2D eigenvalue weighted by molar-refractivity contribution is 9.10. The molecular formula is C14H20BrNO4. The van der Waals surface area contributed by atoms with Gasteiger partial charge in [0.2, 0.25) is 0 Å². The number of hydrogen-bond acceptors (Lipinski definition) is 4. The molecule has 1 aromatic rings. The molecule has 1 unspecified atom stereocenters.